The van der Waals surface area contributed by atoms with Crippen molar-refractivity contribution in [2.24, 2.45) is 5.92 Å². The molecule has 4 nitrogen and oxygen atoms in total. The monoisotopic (exact) mass is 296 g/mol. The molecule has 0 N–H and O–H groups in total. The number of methoxy groups -OCH3 is 2. The van der Waals surface area contributed by atoms with Gasteiger partial charge in [0.25, 0.3) is 0 Å². The van der Waals surface area contributed by atoms with E-state index in [4.69, 9.17) is 9.47 Å². The van der Waals surface area contributed by atoms with Crippen LogP contribution in [0, 0.1) is 5.92 Å². The van der Waals surface area contributed by atoms with Gasteiger partial charge in [-0.3, -0.25) is 0 Å². The fourth-order valence-corrected chi connectivity index (χ4v) is 3.06. The zero-order chi connectivity index (χ0) is 15.7. The molecule has 0 unspecified atom stereocenters. The summed E-state index contributed by atoms with van der Waals surface area (Å²) in [6.07, 6.45) is 9.00. The molecule has 1 fully saturated rings. The Bertz CT molecular complexity index is 378. The van der Waals surface area contributed by atoms with Crippen LogP contribution in [-0.4, -0.2) is 26.2 Å². The summed E-state index contributed by atoms with van der Waals surface area (Å²) in [6, 6.07) is 0. The Morgan fingerprint density at radius 3 is 2.10 bits per heavy atom. The Kier molecular flexibility index (Phi) is 8.09. The van der Waals surface area contributed by atoms with Crippen LogP contribution in [0.3, 0.4) is 0 Å². The van der Waals surface area contributed by atoms with Crippen molar-refractivity contribution < 1.29 is 19.1 Å². The Labute approximate surface area is 127 Å². The summed E-state index contributed by atoms with van der Waals surface area (Å²) in [6.45, 7) is 2.15. The molecule has 0 aromatic heterocycles. The van der Waals surface area contributed by atoms with Crippen molar-refractivity contribution in [1.29, 1.82) is 0 Å². The number of ether oxygens (including phenoxy) is 2. The highest BCUT2D eigenvalue weighted by Gasteiger charge is 2.30. The Morgan fingerprint density at radius 1 is 0.952 bits per heavy atom. The van der Waals surface area contributed by atoms with Gasteiger partial charge in [-0.2, -0.15) is 0 Å². The summed E-state index contributed by atoms with van der Waals surface area (Å²) in [7, 11) is 2.75. The number of unbranched alkanes of at least 4 members (excludes halogenated alkanes) is 3. The van der Waals surface area contributed by atoms with Crippen molar-refractivity contribution in [1.82, 2.24) is 0 Å². The quantitative estimate of drug-likeness (QED) is 0.388. The highest BCUT2D eigenvalue weighted by Crippen LogP contribution is 2.35. The van der Waals surface area contributed by atoms with E-state index in [1.807, 2.05) is 0 Å². The molecule has 120 valence electrons. The zero-order valence-electron chi connectivity index (χ0n) is 13.6. The molecule has 0 atom stereocenters. The van der Waals surface area contributed by atoms with E-state index in [1.165, 1.54) is 14.2 Å². The number of hydrogen-bond donors (Lipinski definition) is 0. The number of carbonyl (C=O) groups excluding carboxylic acids is 2. The van der Waals surface area contributed by atoms with Gasteiger partial charge < -0.3 is 9.47 Å². The summed E-state index contributed by atoms with van der Waals surface area (Å²) in [5.41, 5.74) is 1.10. The second kappa shape index (κ2) is 9.59. The minimum absolute atomic E-state index is 0.151. The van der Waals surface area contributed by atoms with Crippen molar-refractivity contribution in [3.05, 3.63) is 11.1 Å². The van der Waals surface area contributed by atoms with Gasteiger partial charge in [-0.1, -0.05) is 39.0 Å². The fourth-order valence-electron chi connectivity index (χ4n) is 3.06. The second-order valence-corrected chi connectivity index (χ2v) is 5.67. The van der Waals surface area contributed by atoms with E-state index in [-0.39, 0.29) is 17.9 Å². The third-order valence-corrected chi connectivity index (χ3v) is 4.21. The van der Waals surface area contributed by atoms with Gasteiger partial charge in [-0.05, 0) is 31.6 Å². The third kappa shape index (κ3) is 5.18. The van der Waals surface area contributed by atoms with E-state index in [2.05, 4.69) is 6.92 Å². The molecular formula is C17H28O4. The molecule has 0 saturated heterocycles. The molecule has 0 aromatic carbocycles. The lowest BCUT2D eigenvalue weighted by molar-refractivity contribution is -0.140. The number of rotatable bonds is 8. The molecule has 0 bridgehead atoms. The Balaban J connectivity index is 2.98. The number of esters is 2. The van der Waals surface area contributed by atoms with Crippen LogP contribution >= 0.6 is 0 Å². The minimum Gasteiger partial charge on any atom is -0.466 e. The first kappa shape index (κ1) is 17.7. The van der Waals surface area contributed by atoms with Gasteiger partial charge in [-0.15, -0.1) is 0 Å². The summed E-state index contributed by atoms with van der Waals surface area (Å²) in [4.78, 5) is 24.3. The molecule has 1 rings (SSSR count). The highest BCUT2D eigenvalue weighted by molar-refractivity contribution is 6.00. The summed E-state index contributed by atoms with van der Waals surface area (Å²) in [5.74, 6) is -0.589. The fraction of sp³-hybridized carbons (Fsp3) is 0.765. The van der Waals surface area contributed by atoms with Crippen molar-refractivity contribution in [3.63, 3.8) is 0 Å². The molecule has 1 aliphatic rings. The van der Waals surface area contributed by atoms with E-state index in [0.717, 1.165) is 51.4 Å². The average molecular weight is 296 g/mol. The van der Waals surface area contributed by atoms with Gasteiger partial charge in [0.15, 0.2) is 0 Å². The van der Waals surface area contributed by atoms with Gasteiger partial charge in [0, 0.05) is 5.57 Å². The second-order valence-electron chi connectivity index (χ2n) is 5.67. The lowest BCUT2D eigenvalue weighted by Crippen LogP contribution is -2.20. The van der Waals surface area contributed by atoms with Gasteiger partial charge in [0.2, 0.25) is 0 Å². The minimum atomic E-state index is -0.376. The molecule has 21 heavy (non-hydrogen) atoms. The smallest absolute Gasteiger partial charge is 0.334 e. The highest BCUT2D eigenvalue weighted by atomic mass is 16.5. The molecular weight excluding hydrogens is 268 g/mol. The maximum absolute atomic E-state index is 12.2. The summed E-state index contributed by atoms with van der Waals surface area (Å²) < 4.78 is 9.82. The van der Waals surface area contributed by atoms with Crippen LogP contribution in [0.4, 0.5) is 0 Å². The van der Waals surface area contributed by atoms with E-state index in [1.54, 1.807) is 0 Å². The van der Waals surface area contributed by atoms with Gasteiger partial charge >= 0.3 is 11.9 Å². The first-order valence-corrected chi connectivity index (χ1v) is 8.05. The predicted octanol–water partition coefficient (Wildman–Crippen LogP) is 3.79. The van der Waals surface area contributed by atoms with Crippen LogP contribution in [0.15, 0.2) is 11.1 Å². The largest absolute Gasteiger partial charge is 0.466 e. The van der Waals surface area contributed by atoms with Crippen LogP contribution in [-0.2, 0) is 19.1 Å². The maximum atomic E-state index is 12.2. The Hall–Kier alpha value is -1.32. The maximum Gasteiger partial charge on any atom is 0.334 e. The first-order chi connectivity index (χ1) is 10.2. The van der Waals surface area contributed by atoms with Crippen molar-refractivity contribution >= 4 is 11.9 Å². The standard InChI is InChI=1S/C17H28O4/c1-4-5-6-7-12-14(16(18)20-2)15(17(19)21-3)13-10-8-9-11-13/h13H,4-12H2,1-3H3. The van der Waals surface area contributed by atoms with Gasteiger partial charge in [0.05, 0.1) is 19.8 Å². The lowest BCUT2D eigenvalue weighted by Gasteiger charge is -2.17. The molecule has 0 radical (unpaired) electrons. The van der Waals surface area contributed by atoms with Crippen molar-refractivity contribution in [2.75, 3.05) is 14.2 Å². The van der Waals surface area contributed by atoms with Crippen molar-refractivity contribution in [3.8, 4) is 0 Å². The third-order valence-electron chi connectivity index (χ3n) is 4.21. The van der Waals surface area contributed by atoms with Crippen LogP contribution in [0.5, 0.6) is 0 Å². The van der Waals surface area contributed by atoms with Crippen LogP contribution in [0.2, 0.25) is 0 Å². The van der Waals surface area contributed by atoms with Crippen LogP contribution in [0.1, 0.15) is 64.7 Å². The molecule has 0 spiro atoms. The summed E-state index contributed by atoms with van der Waals surface area (Å²) in [5, 5.41) is 0. The number of carbonyl (C=O) groups is 2. The lowest BCUT2D eigenvalue weighted by atomic mass is 9.90. The topological polar surface area (TPSA) is 52.6 Å². The summed E-state index contributed by atoms with van der Waals surface area (Å²) >= 11 is 0. The van der Waals surface area contributed by atoms with Crippen molar-refractivity contribution in [2.45, 2.75) is 64.7 Å². The van der Waals surface area contributed by atoms with Crippen LogP contribution < -0.4 is 0 Å². The van der Waals surface area contributed by atoms with Gasteiger partial charge in [-0.25, -0.2) is 9.59 Å². The average Bonchev–Trinajstić information content (AvgIpc) is 3.02. The SMILES string of the molecule is CCCCCCC(C(=O)OC)=C(C(=O)OC)C1CCCC1. The van der Waals surface area contributed by atoms with E-state index < -0.39 is 0 Å². The molecule has 0 aliphatic heterocycles. The first-order valence-electron chi connectivity index (χ1n) is 8.05. The molecule has 0 aromatic rings. The molecule has 1 aliphatic carbocycles. The predicted molar refractivity (Wildman–Crippen MR) is 81.8 cm³/mol. The molecule has 0 heterocycles. The van der Waals surface area contributed by atoms with E-state index >= 15 is 0 Å². The molecule has 4 heteroatoms. The molecule has 1 saturated carbocycles. The number of hydrogen-bond acceptors (Lipinski definition) is 4. The van der Waals surface area contributed by atoms with E-state index in [9.17, 15) is 9.59 Å². The zero-order valence-corrected chi connectivity index (χ0v) is 13.6. The normalized spacial score (nSPS) is 16.5. The Morgan fingerprint density at radius 2 is 1.57 bits per heavy atom. The molecule has 0 amide bonds. The van der Waals surface area contributed by atoms with Gasteiger partial charge in [0.1, 0.15) is 0 Å². The van der Waals surface area contributed by atoms with E-state index in [0.29, 0.717) is 17.6 Å². The van der Waals surface area contributed by atoms with Crippen LogP contribution in [0.25, 0.3) is 0 Å².